The van der Waals surface area contributed by atoms with Gasteiger partial charge in [0.2, 0.25) is 0 Å². The van der Waals surface area contributed by atoms with E-state index in [4.69, 9.17) is 9.73 Å². The van der Waals surface area contributed by atoms with Crippen LogP contribution in [0.25, 0.3) is 0 Å². The average Bonchev–Trinajstić information content (AvgIpc) is 2.64. The van der Waals surface area contributed by atoms with E-state index in [1.807, 2.05) is 12.1 Å². The van der Waals surface area contributed by atoms with Gasteiger partial charge in [0.15, 0.2) is 5.96 Å². The zero-order valence-corrected chi connectivity index (χ0v) is 16.4. The zero-order chi connectivity index (χ0) is 18.8. The molecule has 1 saturated heterocycles. The maximum atomic E-state index is 13.1. The first-order valence-electron chi connectivity index (χ1n) is 9.59. The summed E-state index contributed by atoms with van der Waals surface area (Å²) in [6.07, 6.45) is 1.08. The summed E-state index contributed by atoms with van der Waals surface area (Å²) < 4.78 is 18.5. The molecule has 1 fully saturated rings. The fourth-order valence-corrected chi connectivity index (χ4v) is 2.95. The number of guanidine groups is 1. The summed E-state index contributed by atoms with van der Waals surface area (Å²) in [7, 11) is 0. The Balaban J connectivity index is 1.81. The van der Waals surface area contributed by atoms with Crippen molar-refractivity contribution < 1.29 is 9.13 Å². The van der Waals surface area contributed by atoms with Crippen LogP contribution in [-0.4, -0.2) is 63.3 Å². The van der Waals surface area contributed by atoms with Crippen LogP contribution >= 0.6 is 0 Å². The molecule has 1 aliphatic heterocycles. The van der Waals surface area contributed by atoms with E-state index in [-0.39, 0.29) is 11.2 Å². The van der Waals surface area contributed by atoms with Crippen molar-refractivity contribution in [3.63, 3.8) is 0 Å². The molecule has 0 atom stereocenters. The number of hydrogen-bond acceptors (Lipinski definition) is 3. The lowest BCUT2D eigenvalue weighted by Crippen LogP contribution is -2.41. The van der Waals surface area contributed by atoms with Crippen molar-refractivity contribution in [2.24, 2.45) is 4.99 Å². The van der Waals surface area contributed by atoms with Gasteiger partial charge in [0.05, 0.1) is 19.8 Å². The molecule has 1 aromatic carbocycles. The highest BCUT2D eigenvalue weighted by atomic mass is 19.1. The third-order valence-corrected chi connectivity index (χ3v) is 4.65. The summed E-state index contributed by atoms with van der Waals surface area (Å²) in [5.74, 6) is 0.632. The molecule has 1 aromatic rings. The molecule has 1 aliphatic rings. The van der Waals surface area contributed by atoms with Crippen LogP contribution in [-0.2, 0) is 10.2 Å². The van der Waals surface area contributed by atoms with Crippen molar-refractivity contribution in [2.45, 2.75) is 32.6 Å². The number of nitrogens with one attached hydrogen (secondary N) is 2. The van der Waals surface area contributed by atoms with Gasteiger partial charge in [-0.05, 0) is 37.6 Å². The van der Waals surface area contributed by atoms with Crippen LogP contribution in [0.1, 0.15) is 32.8 Å². The van der Waals surface area contributed by atoms with Crippen molar-refractivity contribution >= 4 is 5.96 Å². The number of halogens is 1. The Hall–Kier alpha value is -1.66. The first-order valence-corrected chi connectivity index (χ1v) is 9.59. The van der Waals surface area contributed by atoms with Crippen LogP contribution in [0, 0.1) is 5.82 Å². The minimum atomic E-state index is -0.205. The third-order valence-electron chi connectivity index (χ3n) is 4.65. The number of nitrogens with zero attached hydrogens (tertiary/aromatic N) is 2. The highest BCUT2D eigenvalue weighted by Crippen LogP contribution is 2.23. The van der Waals surface area contributed by atoms with Gasteiger partial charge in [0, 0.05) is 31.6 Å². The summed E-state index contributed by atoms with van der Waals surface area (Å²) >= 11 is 0. The summed E-state index contributed by atoms with van der Waals surface area (Å²) in [5.41, 5.74) is 0.940. The van der Waals surface area contributed by atoms with E-state index in [9.17, 15) is 4.39 Å². The normalized spacial score (nSPS) is 16.5. The van der Waals surface area contributed by atoms with E-state index in [0.717, 1.165) is 63.9 Å². The van der Waals surface area contributed by atoms with Crippen LogP contribution in [0.15, 0.2) is 29.3 Å². The van der Waals surface area contributed by atoms with Gasteiger partial charge in [-0.15, -0.1) is 0 Å². The quantitative estimate of drug-likeness (QED) is 0.422. The summed E-state index contributed by atoms with van der Waals surface area (Å²) in [4.78, 5) is 7.17. The van der Waals surface area contributed by atoms with Gasteiger partial charge in [0.25, 0.3) is 0 Å². The second-order valence-electron chi connectivity index (χ2n) is 7.32. The molecular formula is C20H33FN4O. The molecule has 5 nitrogen and oxygen atoms in total. The Morgan fingerprint density at radius 1 is 1.19 bits per heavy atom. The zero-order valence-electron chi connectivity index (χ0n) is 16.4. The summed E-state index contributed by atoms with van der Waals surface area (Å²) in [5, 5.41) is 6.71. The first kappa shape index (κ1) is 20.6. The van der Waals surface area contributed by atoms with E-state index >= 15 is 0 Å². The Kier molecular flexibility index (Phi) is 8.32. The highest BCUT2D eigenvalue weighted by molar-refractivity contribution is 5.79. The van der Waals surface area contributed by atoms with E-state index in [1.165, 1.54) is 12.1 Å². The molecule has 0 spiro atoms. The van der Waals surface area contributed by atoms with E-state index < -0.39 is 0 Å². The second kappa shape index (κ2) is 10.5. The number of benzene rings is 1. The van der Waals surface area contributed by atoms with E-state index in [2.05, 4.69) is 36.3 Å². The Labute approximate surface area is 157 Å². The largest absolute Gasteiger partial charge is 0.379 e. The number of hydrogen-bond donors (Lipinski definition) is 2. The lowest BCUT2D eigenvalue weighted by atomic mass is 9.85. The predicted octanol–water partition coefficient (Wildman–Crippen LogP) is 2.38. The standard InChI is InChI=1S/C20H33FN4O/c1-4-22-19(23-10-5-11-25-12-14-26-15-13-25)24-16-20(2,3)17-6-8-18(21)9-7-17/h6-9H,4-5,10-16H2,1-3H3,(H2,22,23,24). The monoisotopic (exact) mass is 364 g/mol. The number of ether oxygens (including phenoxy) is 1. The Bertz CT molecular complexity index is 553. The minimum Gasteiger partial charge on any atom is -0.379 e. The summed E-state index contributed by atoms with van der Waals surface area (Å²) in [6.45, 7) is 13.5. The number of rotatable bonds is 8. The molecule has 0 bridgehead atoms. The van der Waals surface area contributed by atoms with E-state index in [0.29, 0.717) is 6.54 Å². The smallest absolute Gasteiger partial charge is 0.191 e. The first-order chi connectivity index (χ1) is 12.5. The lowest BCUT2D eigenvalue weighted by Gasteiger charge is -2.26. The maximum Gasteiger partial charge on any atom is 0.191 e. The molecule has 0 unspecified atom stereocenters. The molecule has 2 rings (SSSR count). The van der Waals surface area contributed by atoms with Crippen LogP contribution in [0.2, 0.25) is 0 Å². The Morgan fingerprint density at radius 3 is 2.54 bits per heavy atom. The Morgan fingerprint density at radius 2 is 1.88 bits per heavy atom. The second-order valence-corrected chi connectivity index (χ2v) is 7.32. The molecule has 0 aromatic heterocycles. The van der Waals surface area contributed by atoms with Gasteiger partial charge in [-0.25, -0.2) is 4.39 Å². The molecule has 1 heterocycles. The molecule has 0 radical (unpaired) electrons. The van der Waals surface area contributed by atoms with Crippen molar-refractivity contribution in [1.82, 2.24) is 15.5 Å². The minimum absolute atomic E-state index is 0.149. The maximum absolute atomic E-state index is 13.1. The van der Waals surface area contributed by atoms with Crippen LogP contribution in [0.5, 0.6) is 0 Å². The van der Waals surface area contributed by atoms with Gasteiger partial charge in [-0.3, -0.25) is 9.89 Å². The number of morpholine rings is 1. The van der Waals surface area contributed by atoms with Crippen LogP contribution in [0.4, 0.5) is 4.39 Å². The van der Waals surface area contributed by atoms with Gasteiger partial charge >= 0.3 is 0 Å². The van der Waals surface area contributed by atoms with Crippen molar-refractivity contribution in [3.05, 3.63) is 35.6 Å². The average molecular weight is 365 g/mol. The summed E-state index contributed by atoms with van der Waals surface area (Å²) in [6, 6.07) is 6.70. The van der Waals surface area contributed by atoms with Crippen molar-refractivity contribution in [1.29, 1.82) is 0 Å². The fraction of sp³-hybridized carbons (Fsp3) is 0.650. The fourth-order valence-electron chi connectivity index (χ4n) is 2.95. The van der Waals surface area contributed by atoms with Crippen molar-refractivity contribution in [2.75, 3.05) is 52.5 Å². The molecule has 6 heteroatoms. The van der Waals surface area contributed by atoms with E-state index in [1.54, 1.807) is 0 Å². The predicted molar refractivity (Wildman–Crippen MR) is 105 cm³/mol. The number of aliphatic imine (C=N–C) groups is 1. The van der Waals surface area contributed by atoms with Gasteiger partial charge in [-0.2, -0.15) is 0 Å². The van der Waals surface area contributed by atoms with Crippen LogP contribution in [0.3, 0.4) is 0 Å². The molecule has 0 saturated carbocycles. The lowest BCUT2D eigenvalue weighted by molar-refractivity contribution is 0.0376. The molecule has 26 heavy (non-hydrogen) atoms. The topological polar surface area (TPSA) is 48.9 Å². The third kappa shape index (κ3) is 6.92. The van der Waals surface area contributed by atoms with Gasteiger partial charge in [-0.1, -0.05) is 26.0 Å². The van der Waals surface area contributed by atoms with Gasteiger partial charge in [0.1, 0.15) is 5.82 Å². The van der Waals surface area contributed by atoms with Gasteiger partial charge < -0.3 is 15.4 Å². The molecule has 0 aliphatic carbocycles. The SMILES string of the molecule is CCNC(=NCC(C)(C)c1ccc(F)cc1)NCCCN1CCOCC1. The molecule has 2 N–H and O–H groups in total. The molecule has 146 valence electrons. The molecule has 0 amide bonds. The highest BCUT2D eigenvalue weighted by Gasteiger charge is 2.20. The van der Waals surface area contributed by atoms with Crippen molar-refractivity contribution in [3.8, 4) is 0 Å². The van der Waals surface area contributed by atoms with Crippen LogP contribution < -0.4 is 10.6 Å². The molecular weight excluding hydrogens is 331 g/mol.